The number of carbonyl (C=O) groups excluding carboxylic acids is 1. The number of amides is 1. The number of nitrogens with zero attached hydrogens (tertiary/aromatic N) is 2. The molecule has 0 aliphatic heterocycles. The molecule has 0 saturated carbocycles. The Kier molecular flexibility index (Phi) is 4.41. The van der Waals surface area contributed by atoms with Crippen LogP contribution in [-0.4, -0.2) is 16.1 Å². The van der Waals surface area contributed by atoms with Gasteiger partial charge in [-0.05, 0) is 29.5 Å². The zero-order chi connectivity index (χ0) is 17.3. The summed E-state index contributed by atoms with van der Waals surface area (Å²) in [5.41, 5.74) is 2.95. The van der Waals surface area contributed by atoms with Crippen molar-refractivity contribution in [1.82, 2.24) is 10.2 Å². The molecule has 0 aliphatic rings. The van der Waals surface area contributed by atoms with Crippen molar-refractivity contribution < 1.29 is 9.21 Å². The number of hydrogen-bond donors (Lipinski definition) is 1. The zero-order valence-corrected chi connectivity index (χ0v) is 15.2. The molecule has 1 aromatic carbocycles. The van der Waals surface area contributed by atoms with E-state index in [2.05, 4.69) is 48.4 Å². The zero-order valence-electron chi connectivity index (χ0n) is 14.3. The lowest BCUT2D eigenvalue weighted by molar-refractivity contribution is -0.115. The summed E-state index contributed by atoms with van der Waals surface area (Å²) in [4.78, 5) is 12.3. The van der Waals surface area contributed by atoms with Gasteiger partial charge in [0.1, 0.15) is 10.6 Å². The summed E-state index contributed by atoms with van der Waals surface area (Å²) in [5.74, 6) is -0.113. The smallest absolute Gasteiger partial charge is 0.230 e. The van der Waals surface area contributed by atoms with Crippen molar-refractivity contribution in [3.8, 4) is 0 Å². The van der Waals surface area contributed by atoms with Gasteiger partial charge in [0.25, 0.3) is 0 Å². The summed E-state index contributed by atoms with van der Waals surface area (Å²) in [5, 5.41) is 13.2. The van der Waals surface area contributed by atoms with Crippen LogP contribution in [0.15, 0.2) is 28.9 Å². The van der Waals surface area contributed by atoms with E-state index in [9.17, 15) is 4.79 Å². The first-order valence-electron chi connectivity index (χ1n) is 7.99. The summed E-state index contributed by atoms with van der Waals surface area (Å²) in [6, 6.07) is 6.15. The minimum atomic E-state index is -0.113. The Labute approximate surface area is 145 Å². The first-order chi connectivity index (χ1) is 11.4. The van der Waals surface area contributed by atoms with Crippen molar-refractivity contribution >= 4 is 33.3 Å². The predicted molar refractivity (Wildman–Crippen MR) is 96.5 cm³/mol. The number of hydrogen-bond acceptors (Lipinski definition) is 5. The fraction of sp³-hybridized carbons (Fsp3) is 0.389. The van der Waals surface area contributed by atoms with Crippen LogP contribution >= 0.6 is 11.3 Å². The van der Waals surface area contributed by atoms with Gasteiger partial charge in [-0.15, -0.1) is 10.2 Å². The van der Waals surface area contributed by atoms with Crippen LogP contribution in [0.4, 0.5) is 5.13 Å². The lowest BCUT2D eigenvalue weighted by atomic mass is 9.86. The van der Waals surface area contributed by atoms with Gasteiger partial charge in [0.15, 0.2) is 0 Å². The molecule has 6 heteroatoms. The van der Waals surface area contributed by atoms with Gasteiger partial charge in [0, 0.05) is 10.9 Å². The number of rotatable bonds is 4. The Morgan fingerprint density at radius 3 is 2.75 bits per heavy atom. The maximum atomic E-state index is 12.3. The molecule has 0 saturated heterocycles. The van der Waals surface area contributed by atoms with Crippen LogP contribution in [0, 0.1) is 0 Å². The van der Waals surface area contributed by atoms with Crippen molar-refractivity contribution in [3.05, 3.63) is 40.6 Å². The minimum Gasteiger partial charge on any atom is -0.464 e. The standard InChI is InChI=1S/C18H21N3O2S/c1-5-16-20-21-17(24-16)19-15(22)8-11-10-23-14-7-6-12(9-13(11)14)18(2,3)4/h6-7,9-10H,5,8H2,1-4H3,(H,19,21,22). The fourth-order valence-corrected chi connectivity index (χ4v) is 3.16. The van der Waals surface area contributed by atoms with Crippen molar-refractivity contribution in [3.63, 3.8) is 0 Å². The van der Waals surface area contributed by atoms with Gasteiger partial charge in [-0.2, -0.15) is 0 Å². The van der Waals surface area contributed by atoms with Crippen molar-refractivity contribution in [2.45, 2.75) is 46.0 Å². The van der Waals surface area contributed by atoms with Crippen LogP contribution in [0.1, 0.15) is 43.8 Å². The molecule has 126 valence electrons. The Morgan fingerprint density at radius 1 is 1.29 bits per heavy atom. The van der Waals surface area contributed by atoms with E-state index < -0.39 is 0 Å². The van der Waals surface area contributed by atoms with Crippen LogP contribution in [0.2, 0.25) is 0 Å². The number of benzene rings is 1. The van der Waals surface area contributed by atoms with Crippen LogP contribution in [0.3, 0.4) is 0 Å². The van der Waals surface area contributed by atoms with E-state index in [-0.39, 0.29) is 17.7 Å². The van der Waals surface area contributed by atoms with E-state index in [1.807, 2.05) is 13.0 Å². The average molecular weight is 343 g/mol. The molecule has 1 N–H and O–H groups in total. The molecule has 0 unspecified atom stereocenters. The molecule has 0 radical (unpaired) electrons. The average Bonchev–Trinajstić information content (AvgIpc) is 3.13. The number of aromatic nitrogens is 2. The van der Waals surface area contributed by atoms with Crippen LogP contribution < -0.4 is 5.32 Å². The molecule has 24 heavy (non-hydrogen) atoms. The van der Waals surface area contributed by atoms with Crippen LogP contribution in [-0.2, 0) is 23.1 Å². The second-order valence-corrected chi connectivity index (χ2v) is 7.86. The lowest BCUT2D eigenvalue weighted by Crippen LogP contribution is -2.14. The Hall–Kier alpha value is -2.21. The molecule has 0 fully saturated rings. The molecule has 0 aliphatic carbocycles. The SMILES string of the molecule is CCc1nnc(NC(=O)Cc2coc3ccc(C(C)(C)C)cc23)s1. The highest BCUT2D eigenvalue weighted by Crippen LogP contribution is 2.29. The first kappa shape index (κ1) is 16.6. The Bertz CT molecular complexity index is 874. The lowest BCUT2D eigenvalue weighted by Gasteiger charge is -2.18. The minimum absolute atomic E-state index is 0.0497. The summed E-state index contributed by atoms with van der Waals surface area (Å²) in [7, 11) is 0. The normalized spacial score (nSPS) is 11.8. The molecule has 0 spiro atoms. The second kappa shape index (κ2) is 6.36. The molecule has 1 amide bonds. The summed E-state index contributed by atoms with van der Waals surface area (Å²) in [6.07, 6.45) is 2.73. The van der Waals surface area contributed by atoms with Crippen molar-refractivity contribution in [2.24, 2.45) is 0 Å². The Morgan fingerprint density at radius 2 is 2.08 bits per heavy atom. The molecule has 2 heterocycles. The number of aryl methyl sites for hydroxylation is 1. The Balaban J connectivity index is 1.80. The highest BCUT2D eigenvalue weighted by Gasteiger charge is 2.17. The highest BCUT2D eigenvalue weighted by molar-refractivity contribution is 7.15. The maximum absolute atomic E-state index is 12.3. The number of fused-ring (bicyclic) bond motifs is 1. The van der Waals surface area contributed by atoms with E-state index in [0.29, 0.717) is 5.13 Å². The topological polar surface area (TPSA) is 68.0 Å². The third kappa shape index (κ3) is 3.48. The van der Waals surface area contributed by atoms with Crippen LogP contribution in [0.25, 0.3) is 11.0 Å². The van der Waals surface area contributed by atoms with E-state index in [0.717, 1.165) is 28.0 Å². The van der Waals surface area contributed by atoms with E-state index in [4.69, 9.17) is 4.42 Å². The number of anilines is 1. The van der Waals surface area contributed by atoms with E-state index >= 15 is 0 Å². The number of carbonyl (C=O) groups is 1. The van der Waals surface area contributed by atoms with Crippen molar-refractivity contribution in [1.29, 1.82) is 0 Å². The second-order valence-electron chi connectivity index (χ2n) is 6.80. The van der Waals surface area contributed by atoms with Crippen molar-refractivity contribution in [2.75, 3.05) is 5.32 Å². The molecule has 3 rings (SSSR count). The van der Waals surface area contributed by atoms with Gasteiger partial charge < -0.3 is 9.73 Å². The first-order valence-corrected chi connectivity index (χ1v) is 8.81. The number of nitrogens with one attached hydrogen (secondary N) is 1. The van der Waals surface area contributed by atoms with Crippen LogP contribution in [0.5, 0.6) is 0 Å². The molecule has 0 bridgehead atoms. The molecular formula is C18H21N3O2S. The van der Waals surface area contributed by atoms with Gasteiger partial charge in [-0.1, -0.05) is 45.1 Å². The van der Waals surface area contributed by atoms with Gasteiger partial charge in [-0.3, -0.25) is 4.79 Å². The molecule has 3 aromatic rings. The molecule has 2 aromatic heterocycles. The quantitative estimate of drug-likeness (QED) is 0.766. The predicted octanol–water partition coefficient (Wildman–Crippen LogP) is 4.33. The third-order valence-electron chi connectivity index (χ3n) is 3.89. The third-order valence-corrected chi connectivity index (χ3v) is 4.87. The summed E-state index contributed by atoms with van der Waals surface area (Å²) < 4.78 is 5.58. The maximum Gasteiger partial charge on any atom is 0.230 e. The number of furan rings is 1. The monoisotopic (exact) mass is 343 g/mol. The fourth-order valence-electron chi connectivity index (χ4n) is 2.47. The molecular weight excluding hydrogens is 322 g/mol. The summed E-state index contributed by atoms with van der Waals surface area (Å²) in [6.45, 7) is 8.51. The van der Waals surface area contributed by atoms with Gasteiger partial charge >= 0.3 is 0 Å². The van der Waals surface area contributed by atoms with E-state index in [1.165, 1.54) is 16.9 Å². The van der Waals surface area contributed by atoms with Gasteiger partial charge in [-0.25, -0.2) is 0 Å². The largest absolute Gasteiger partial charge is 0.464 e. The van der Waals surface area contributed by atoms with Gasteiger partial charge in [0.05, 0.1) is 12.7 Å². The molecule has 5 nitrogen and oxygen atoms in total. The highest BCUT2D eigenvalue weighted by atomic mass is 32.1. The van der Waals surface area contributed by atoms with Gasteiger partial charge in [0.2, 0.25) is 11.0 Å². The molecule has 0 atom stereocenters. The summed E-state index contributed by atoms with van der Waals surface area (Å²) >= 11 is 1.41. The van der Waals surface area contributed by atoms with E-state index in [1.54, 1.807) is 6.26 Å².